The molecule has 0 amide bonds. The summed E-state index contributed by atoms with van der Waals surface area (Å²) in [5.41, 5.74) is 0.610. The summed E-state index contributed by atoms with van der Waals surface area (Å²) in [4.78, 5) is 0.137. The van der Waals surface area contributed by atoms with Gasteiger partial charge in [0.05, 0.1) is 17.7 Å². The second-order valence-electron chi connectivity index (χ2n) is 5.52. The van der Waals surface area contributed by atoms with E-state index in [2.05, 4.69) is 6.92 Å². The maximum Gasteiger partial charge on any atom is 0.264 e. The second kappa shape index (κ2) is 7.13. The lowest BCUT2D eigenvalue weighted by Crippen LogP contribution is -2.38. The molecule has 0 bridgehead atoms. The SMILES string of the molecule is [CH2]c1cccc(N([C@@H](C)CC)S(=O)(=O)c2ccc(OC)cc2)c1O. The van der Waals surface area contributed by atoms with Crippen LogP contribution in [0.3, 0.4) is 0 Å². The zero-order chi connectivity index (χ0) is 17.9. The van der Waals surface area contributed by atoms with Crippen LogP contribution in [0.15, 0.2) is 47.4 Å². The molecule has 0 aliphatic carbocycles. The number of sulfonamides is 1. The highest BCUT2D eigenvalue weighted by molar-refractivity contribution is 7.92. The molecule has 0 aromatic heterocycles. The third-order valence-corrected chi connectivity index (χ3v) is 5.89. The van der Waals surface area contributed by atoms with E-state index in [0.717, 1.165) is 0 Å². The molecule has 2 rings (SSSR count). The number of anilines is 1. The van der Waals surface area contributed by atoms with E-state index in [-0.39, 0.29) is 22.4 Å². The average molecular weight is 348 g/mol. The van der Waals surface area contributed by atoms with E-state index in [1.165, 1.54) is 23.5 Å². The lowest BCUT2D eigenvalue weighted by Gasteiger charge is -2.30. The first kappa shape index (κ1) is 18.1. The first-order valence-electron chi connectivity index (χ1n) is 7.65. The fraction of sp³-hybridized carbons (Fsp3) is 0.278. The lowest BCUT2D eigenvalue weighted by molar-refractivity contribution is 0.414. The molecule has 0 heterocycles. The van der Waals surface area contributed by atoms with Crippen molar-refractivity contribution in [1.82, 2.24) is 0 Å². The summed E-state index contributed by atoms with van der Waals surface area (Å²) in [6.45, 7) is 7.43. The zero-order valence-electron chi connectivity index (χ0n) is 14.1. The van der Waals surface area contributed by atoms with Gasteiger partial charge in [-0.25, -0.2) is 8.42 Å². The minimum Gasteiger partial charge on any atom is -0.505 e. The molecule has 6 heteroatoms. The zero-order valence-corrected chi connectivity index (χ0v) is 14.9. The van der Waals surface area contributed by atoms with Gasteiger partial charge in [-0.2, -0.15) is 0 Å². The minimum atomic E-state index is -3.84. The number of phenolic OH excluding ortho intramolecular Hbond substituents is 1. The summed E-state index contributed by atoms with van der Waals surface area (Å²) >= 11 is 0. The smallest absolute Gasteiger partial charge is 0.264 e. The first-order valence-corrected chi connectivity index (χ1v) is 9.09. The van der Waals surface area contributed by atoms with Crippen LogP contribution < -0.4 is 9.04 Å². The standard InChI is InChI=1S/C18H22NO4S/c1-5-14(3)19(17-8-6-7-13(2)18(17)20)24(21,22)16-11-9-15(23-4)10-12-16/h6-12,14,20H,2,5H2,1,3-4H3/t14-/m0/s1. The van der Waals surface area contributed by atoms with Crippen molar-refractivity contribution in [3.63, 3.8) is 0 Å². The minimum absolute atomic E-state index is 0.130. The monoisotopic (exact) mass is 348 g/mol. The molecule has 0 unspecified atom stereocenters. The van der Waals surface area contributed by atoms with Gasteiger partial charge in [-0.1, -0.05) is 19.1 Å². The van der Waals surface area contributed by atoms with Crippen molar-refractivity contribution in [3.05, 3.63) is 55.0 Å². The highest BCUT2D eigenvalue weighted by Gasteiger charge is 2.30. The van der Waals surface area contributed by atoms with Crippen molar-refractivity contribution in [2.24, 2.45) is 0 Å². The molecule has 5 nitrogen and oxygen atoms in total. The van der Waals surface area contributed by atoms with Gasteiger partial charge in [-0.15, -0.1) is 0 Å². The molecular weight excluding hydrogens is 326 g/mol. The second-order valence-corrected chi connectivity index (χ2v) is 7.33. The van der Waals surface area contributed by atoms with Gasteiger partial charge in [0.15, 0.2) is 0 Å². The predicted octanol–water partition coefficient (Wildman–Crippen LogP) is 3.58. The number of rotatable bonds is 6. The molecule has 1 atom stereocenters. The van der Waals surface area contributed by atoms with Crippen LogP contribution in [0.25, 0.3) is 0 Å². The van der Waals surface area contributed by atoms with E-state index in [0.29, 0.717) is 17.7 Å². The van der Waals surface area contributed by atoms with Crippen molar-refractivity contribution in [2.45, 2.75) is 31.2 Å². The summed E-state index contributed by atoms with van der Waals surface area (Å²) in [7, 11) is -2.32. The van der Waals surface area contributed by atoms with Crippen molar-refractivity contribution >= 4 is 15.7 Å². The molecular formula is C18H22NO4S. The van der Waals surface area contributed by atoms with E-state index >= 15 is 0 Å². The van der Waals surface area contributed by atoms with E-state index in [1.807, 2.05) is 6.92 Å². The van der Waals surface area contributed by atoms with Crippen LogP contribution in [0.5, 0.6) is 11.5 Å². The molecule has 129 valence electrons. The number of ether oxygens (including phenoxy) is 1. The Morgan fingerprint density at radius 2 is 1.83 bits per heavy atom. The quantitative estimate of drug-likeness (QED) is 0.866. The molecule has 0 aliphatic heterocycles. The molecule has 0 spiro atoms. The van der Waals surface area contributed by atoms with Gasteiger partial charge in [0.2, 0.25) is 0 Å². The summed E-state index contributed by atoms with van der Waals surface area (Å²) < 4.78 is 32.6. The fourth-order valence-electron chi connectivity index (χ4n) is 2.39. The molecule has 1 N–H and O–H groups in total. The number of hydrogen-bond donors (Lipinski definition) is 1. The average Bonchev–Trinajstić information content (AvgIpc) is 2.58. The first-order chi connectivity index (χ1) is 11.3. The Kier molecular flexibility index (Phi) is 5.39. The Morgan fingerprint density at radius 1 is 1.21 bits per heavy atom. The van der Waals surface area contributed by atoms with E-state index in [4.69, 9.17) is 4.74 Å². The maximum absolute atomic E-state index is 13.1. The number of nitrogens with zero attached hydrogens (tertiary/aromatic N) is 1. The van der Waals surface area contributed by atoms with Crippen molar-refractivity contribution in [2.75, 3.05) is 11.4 Å². The number of phenols is 1. The maximum atomic E-state index is 13.1. The number of hydrogen-bond acceptors (Lipinski definition) is 4. The molecule has 2 aromatic carbocycles. The number of methoxy groups -OCH3 is 1. The molecule has 24 heavy (non-hydrogen) atoms. The van der Waals surface area contributed by atoms with Gasteiger partial charge in [-0.05, 0) is 56.2 Å². The Labute approximate surface area is 143 Å². The van der Waals surface area contributed by atoms with Crippen LogP contribution in [0.2, 0.25) is 0 Å². The Bertz CT molecular complexity index is 800. The van der Waals surface area contributed by atoms with Crippen LogP contribution in [-0.2, 0) is 10.0 Å². The molecule has 2 aromatic rings. The molecule has 0 fully saturated rings. The van der Waals surface area contributed by atoms with Crippen molar-refractivity contribution in [3.8, 4) is 11.5 Å². The van der Waals surface area contributed by atoms with Crippen molar-refractivity contribution in [1.29, 1.82) is 0 Å². The van der Waals surface area contributed by atoms with Gasteiger partial charge < -0.3 is 9.84 Å². The van der Waals surface area contributed by atoms with Crippen LogP contribution in [0, 0.1) is 6.92 Å². The third-order valence-electron chi connectivity index (χ3n) is 3.94. The highest BCUT2D eigenvalue weighted by atomic mass is 32.2. The summed E-state index contributed by atoms with van der Waals surface area (Å²) in [6.07, 6.45) is 0.593. The largest absolute Gasteiger partial charge is 0.505 e. The van der Waals surface area contributed by atoms with E-state index in [9.17, 15) is 13.5 Å². The number of para-hydroxylation sites is 1. The molecule has 0 saturated carbocycles. The molecule has 1 radical (unpaired) electrons. The predicted molar refractivity (Wildman–Crippen MR) is 95.0 cm³/mol. The summed E-state index contributed by atoms with van der Waals surface area (Å²) in [5.74, 6) is 0.446. The van der Waals surface area contributed by atoms with Gasteiger partial charge in [0, 0.05) is 6.04 Å². The van der Waals surface area contributed by atoms with E-state index < -0.39 is 10.0 Å². The summed E-state index contributed by atoms with van der Waals surface area (Å²) in [5, 5.41) is 10.3. The normalized spacial score (nSPS) is 12.7. The van der Waals surface area contributed by atoms with Crippen LogP contribution >= 0.6 is 0 Å². The van der Waals surface area contributed by atoms with Gasteiger partial charge >= 0.3 is 0 Å². The van der Waals surface area contributed by atoms with Crippen molar-refractivity contribution < 1.29 is 18.3 Å². The van der Waals surface area contributed by atoms with Gasteiger partial charge in [0.1, 0.15) is 11.5 Å². The van der Waals surface area contributed by atoms with Gasteiger partial charge in [-0.3, -0.25) is 4.31 Å². The Balaban J connectivity index is 2.60. The lowest BCUT2D eigenvalue weighted by atomic mass is 10.1. The third kappa shape index (κ3) is 3.33. The Hall–Kier alpha value is -2.21. The van der Waals surface area contributed by atoms with Crippen LogP contribution in [-0.4, -0.2) is 26.7 Å². The Morgan fingerprint density at radius 3 is 2.38 bits per heavy atom. The van der Waals surface area contributed by atoms with Gasteiger partial charge in [0.25, 0.3) is 10.0 Å². The topological polar surface area (TPSA) is 66.8 Å². The highest BCUT2D eigenvalue weighted by Crippen LogP contribution is 2.36. The number of benzene rings is 2. The van der Waals surface area contributed by atoms with E-state index in [1.54, 1.807) is 37.3 Å². The summed E-state index contributed by atoms with van der Waals surface area (Å²) in [6, 6.07) is 10.7. The number of aromatic hydroxyl groups is 1. The van der Waals surface area contributed by atoms with Crippen LogP contribution in [0.1, 0.15) is 25.8 Å². The molecule has 0 aliphatic rings. The van der Waals surface area contributed by atoms with Crippen LogP contribution in [0.4, 0.5) is 5.69 Å². The fourth-order valence-corrected chi connectivity index (χ4v) is 4.12. The molecule has 0 saturated heterocycles.